The summed E-state index contributed by atoms with van der Waals surface area (Å²) in [5, 5.41) is 32.4. The molecular formula is C54H34O2. The lowest BCUT2D eigenvalue weighted by atomic mass is 9.77. The fourth-order valence-electron chi connectivity index (χ4n) is 16.7. The lowest BCUT2D eigenvalue weighted by molar-refractivity contribution is -0.143. The zero-order valence-electron chi connectivity index (χ0n) is 31.2. The molecular weight excluding hydrogens is 681 g/mol. The van der Waals surface area contributed by atoms with E-state index >= 15 is 0 Å². The Bertz CT molecular complexity index is 3940. The zero-order valence-corrected chi connectivity index (χ0v) is 31.2. The predicted octanol–water partition coefficient (Wildman–Crippen LogP) is 10.9. The highest BCUT2D eigenvalue weighted by Gasteiger charge is 2.79. The molecule has 0 aliphatic heterocycles. The summed E-state index contributed by atoms with van der Waals surface area (Å²) in [5.74, 6) is 0.902. The Morgan fingerprint density at radius 1 is 0.679 bits per heavy atom. The van der Waals surface area contributed by atoms with Crippen molar-refractivity contribution in [3.63, 3.8) is 0 Å². The number of esters is 1. The number of unbranched alkanes of at least 4 members (excludes halogenated alkanes) is 1. The van der Waals surface area contributed by atoms with Crippen molar-refractivity contribution >= 4 is 115 Å². The van der Waals surface area contributed by atoms with Gasteiger partial charge in [0.2, 0.25) is 0 Å². The second-order valence-electron chi connectivity index (χ2n) is 19.6. The van der Waals surface area contributed by atoms with Gasteiger partial charge in [-0.25, -0.2) is 0 Å². The molecule has 11 aromatic rings. The number of rotatable bonds is 8. The maximum atomic E-state index is 13.2. The van der Waals surface area contributed by atoms with Gasteiger partial charge in [-0.2, -0.15) is 0 Å². The molecule has 7 aliphatic carbocycles. The lowest BCUT2D eigenvalue weighted by Crippen LogP contribution is -2.20. The molecule has 18 rings (SSSR count). The minimum atomic E-state index is -0.137. The quantitative estimate of drug-likeness (QED) is 0.0890. The van der Waals surface area contributed by atoms with E-state index in [-0.39, 0.29) is 16.8 Å². The molecule has 0 N–H and O–H groups in total. The molecule has 0 amide bonds. The number of hydrogen-bond donors (Lipinski definition) is 0. The summed E-state index contributed by atoms with van der Waals surface area (Å²) in [5.41, 5.74) is 14.3. The van der Waals surface area contributed by atoms with Gasteiger partial charge in [0, 0.05) is 23.2 Å². The van der Waals surface area contributed by atoms with Crippen LogP contribution in [0.1, 0.15) is 102 Å². The zero-order chi connectivity index (χ0) is 35.6. The van der Waals surface area contributed by atoms with E-state index < -0.39 is 0 Å². The molecule has 2 nitrogen and oxygen atoms in total. The van der Waals surface area contributed by atoms with E-state index in [1.165, 1.54) is 23.6 Å². The van der Waals surface area contributed by atoms with E-state index in [4.69, 9.17) is 4.74 Å². The summed E-state index contributed by atoms with van der Waals surface area (Å²) in [4.78, 5) is 13.2. The highest BCUT2D eigenvalue weighted by atomic mass is 16.5. The van der Waals surface area contributed by atoms with E-state index in [0.29, 0.717) is 24.9 Å². The maximum Gasteiger partial charge on any atom is 0.305 e. The number of benzene rings is 8. The third-order valence-electron chi connectivity index (χ3n) is 17.9. The predicted molar refractivity (Wildman–Crippen MR) is 228 cm³/mol. The van der Waals surface area contributed by atoms with Gasteiger partial charge in [-0.3, -0.25) is 4.79 Å². The standard InChI is InChI=1S/C54H34O2/c1-2-3-12-56-30(55)10-7-11-53(28-8-5-4-6-9-28)52-29-19-26-17-23-15-24-14-21-13-22-16-25-18-27-20-54(52,53)51-37(27)42-36(25)41-32(22)31(21)39-35(24)40-33(23)34(26)43-38(29)50(51)49-47(42)45(41)44(39)46(40)48(43)49/h4-6,8-9,15,18-20,22,52H,2-3,7,10-14,16-17H2,1H3. The lowest BCUT2D eigenvalue weighted by Gasteiger charge is -2.25. The first kappa shape index (κ1) is 27.2. The molecule has 1 saturated carbocycles. The average molecular weight is 715 g/mol. The van der Waals surface area contributed by atoms with Crippen molar-refractivity contribution in [2.45, 2.75) is 87.4 Å². The van der Waals surface area contributed by atoms with Crippen molar-refractivity contribution in [3.8, 4) is 0 Å². The van der Waals surface area contributed by atoms with Crippen LogP contribution in [0.4, 0.5) is 0 Å². The molecule has 1 spiro atoms. The van der Waals surface area contributed by atoms with Crippen molar-refractivity contribution in [1.29, 1.82) is 0 Å². The van der Waals surface area contributed by atoms with E-state index in [1.54, 1.807) is 147 Å². The second-order valence-corrected chi connectivity index (χ2v) is 19.6. The van der Waals surface area contributed by atoms with Gasteiger partial charge >= 0.3 is 5.97 Å². The van der Waals surface area contributed by atoms with Crippen LogP contribution < -0.4 is 10.4 Å². The molecule has 0 bridgehead atoms. The van der Waals surface area contributed by atoms with Crippen LogP contribution in [0.15, 0.2) is 48.5 Å². The van der Waals surface area contributed by atoms with Gasteiger partial charge in [0.05, 0.1) is 6.61 Å². The van der Waals surface area contributed by atoms with Crippen LogP contribution in [-0.2, 0) is 39.6 Å². The Morgan fingerprint density at radius 2 is 1.38 bits per heavy atom. The van der Waals surface area contributed by atoms with E-state index in [2.05, 4.69) is 61.5 Å². The van der Waals surface area contributed by atoms with Crippen LogP contribution >= 0.6 is 0 Å². The fourth-order valence-corrected chi connectivity index (χ4v) is 16.7. The van der Waals surface area contributed by atoms with Gasteiger partial charge in [-0.05, 0) is 203 Å². The van der Waals surface area contributed by atoms with Crippen LogP contribution in [0, 0.1) is 0 Å². The molecule has 0 heterocycles. The summed E-state index contributed by atoms with van der Waals surface area (Å²) in [6.07, 6.45) is 11.7. The van der Waals surface area contributed by atoms with Gasteiger partial charge in [0.15, 0.2) is 0 Å². The smallest absolute Gasteiger partial charge is 0.305 e. The van der Waals surface area contributed by atoms with Gasteiger partial charge in [0.25, 0.3) is 0 Å². The summed E-state index contributed by atoms with van der Waals surface area (Å²) >= 11 is 0. The largest absolute Gasteiger partial charge is 0.466 e. The Labute approximate surface area is 320 Å². The van der Waals surface area contributed by atoms with E-state index in [0.717, 1.165) is 38.5 Å². The molecule has 0 aromatic heterocycles. The molecule has 4 atom stereocenters. The van der Waals surface area contributed by atoms with Crippen molar-refractivity contribution in [2.24, 2.45) is 0 Å². The first-order valence-corrected chi connectivity index (χ1v) is 21.7. The van der Waals surface area contributed by atoms with E-state index in [1.807, 2.05) is 0 Å². The highest BCUT2D eigenvalue weighted by molar-refractivity contribution is 6.61. The van der Waals surface area contributed by atoms with Gasteiger partial charge in [-0.15, -0.1) is 0 Å². The number of ether oxygens (including phenoxy) is 1. The Kier molecular flexibility index (Phi) is 3.77. The Morgan fingerprint density at radius 3 is 2.23 bits per heavy atom. The summed E-state index contributed by atoms with van der Waals surface area (Å²) in [6.45, 7) is 2.70. The molecule has 4 unspecified atom stereocenters. The van der Waals surface area contributed by atoms with Crippen molar-refractivity contribution in [3.05, 3.63) is 103 Å². The van der Waals surface area contributed by atoms with Crippen LogP contribution in [0.2, 0.25) is 0 Å². The fraction of sp³-hybridized carbons (Fsp3) is 0.278. The molecule has 1 fully saturated rings. The van der Waals surface area contributed by atoms with Crippen LogP contribution in [0.25, 0.3) is 109 Å². The third-order valence-corrected chi connectivity index (χ3v) is 17.9. The topological polar surface area (TPSA) is 26.3 Å². The average Bonchev–Trinajstić information content (AvgIpc) is 3.89. The van der Waals surface area contributed by atoms with Crippen LogP contribution in [0.5, 0.6) is 0 Å². The first-order chi connectivity index (χ1) is 27.7. The van der Waals surface area contributed by atoms with Gasteiger partial charge in [-0.1, -0.05) is 73.5 Å². The molecule has 56 heavy (non-hydrogen) atoms. The highest BCUT2D eigenvalue weighted by Crippen LogP contribution is 2.84. The summed E-state index contributed by atoms with van der Waals surface area (Å²) < 4.78 is 5.76. The SMILES string of the molecule is CCCCOC(=O)CCCC1(c2ccccc2)C2c3cc4c5c6c(cc7c8c9c%10c%11c%12c%13c(cc%14c%15c(c%16c3c5c3c%16c(c%15%13)c%12c9c3c68)C21C=%14)CC%11CC=%10C7)C4. The number of hydrogen-bond acceptors (Lipinski definition) is 2. The van der Waals surface area contributed by atoms with Gasteiger partial charge in [0.1, 0.15) is 0 Å². The van der Waals surface area contributed by atoms with Crippen molar-refractivity contribution in [2.75, 3.05) is 6.61 Å². The van der Waals surface area contributed by atoms with Crippen LogP contribution in [0.3, 0.4) is 0 Å². The maximum absolute atomic E-state index is 13.2. The molecule has 2 heteroatoms. The van der Waals surface area contributed by atoms with E-state index in [9.17, 15) is 4.79 Å². The van der Waals surface area contributed by atoms with Crippen molar-refractivity contribution in [1.82, 2.24) is 0 Å². The summed E-state index contributed by atoms with van der Waals surface area (Å²) in [7, 11) is 0. The normalized spacial score (nSPS) is 25.3. The first-order valence-electron chi connectivity index (χ1n) is 21.7. The monoisotopic (exact) mass is 714 g/mol. The molecule has 262 valence electrons. The number of fused-ring (bicyclic) bond motifs is 1. The molecule has 11 aromatic carbocycles. The molecule has 7 aliphatic rings. The van der Waals surface area contributed by atoms with Crippen molar-refractivity contribution < 1.29 is 9.53 Å². The summed E-state index contributed by atoms with van der Waals surface area (Å²) in [6, 6.07) is 19.7. The minimum Gasteiger partial charge on any atom is -0.466 e. The molecule has 0 radical (unpaired) electrons. The number of carbonyl (C=O) groups excluding carboxylic acids is 1. The third kappa shape index (κ3) is 2.21. The Balaban J connectivity index is 1.08. The van der Waals surface area contributed by atoms with Crippen LogP contribution in [-0.4, -0.2) is 12.6 Å². The number of carbonyl (C=O) groups is 1. The minimum absolute atomic E-state index is 0.0299. The molecule has 0 saturated heterocycles. The van der Waals surface area contributed by atoms with Gasteiger partial charge < -0.3 is 4.74 Å². The Hall–Kier alpha value is -5.47. The second kappa shape index (κ2) is 7.77.